The summed E-state index contributed by atoms with van der Waals surface area (Å²) < 4.78 is 6.42. The topological polar surface area (TPSA) is 45.7 Å². The van der Waals surface area contributed by atoms with Gasteiger partial charge in [0, 0.05) is 36.6 Å². The maximum absolute atomic E-state index is 13.5. The smallest absolute Gasteiger partial charge is 0.260 e. The van der Waals surface area contributed by atoms with E-state index in [0.29, 0.717) is 22.3 Å². The summed E-state index contributed by atoms with van der Waals surface area (Å²) in [5.41, 5.74) is 1.42. The maximum Gasteiger partial charge on any atom is 0.260 e. The van der Waals surface area contributed by atoms with Gasteiger partial charge in [0.15, 0.2) is 5.13 Å². The first-order valence-corrected chi connectivity index (χ1v) is 11.9. The number of anilines is 1. The molecule has 1 aliphatic rings. The van der Waals surface area contributed by atoms with Gasteiger partial charge in [-0.05, 0) is 36.6 Å². The molecular weight excluding hydrogens is 426 g/mol. The summed E-state index contributed by atoms with van der Waals surface area (Å²) in [6.45, 7) is 4.59. The normalized spacial score (nSPS) is 15.0. The van der Waals surface area contributed by atoms with Crippen molar-refractivity contribution in [2.24, 2.45) is 0 Å². The van der Waals surface area contributed by atoms with E-state index >= 15 is 0 Å². The number of ether oxygens (including phenoxy) is 1. The van der Waals surface area contributed by atoms with Crippen LogP contribution in [0.15, 0.2) is 47.4 Å². The minimum absolute atomic E-state index is 0.0376. The molecule has 0 bridgehead atoms. The number of carbonyl (C=O) groups excluding carboxylic acids is 1. The summed E-state index contributed by atoms with van der Waals surface area (Å²) in [5.74, 6) is -0.0376. The van der Waals surface area contributed by atoms with Crippen LogP contribution in [0.2, 0.25) is 5.02 Å². The van der Waals surface area contributed by atoms with Gasteiger partial charge in [-0.15, -0.1) is 11.8 Å². The molecule has 152 valence electrons. The number of carbonyl (C=O) groups is 1. The molecule has 0 atom stereocenters. The number of benzene rings is 2. The Morgan fingerprint density at radius 3 is 2.83 bits per heavy atom. The number of thiazole rings is 1. The average Bonchev–Trinajstić information content (AvgIpc) is 3.20. The quantitative estimate of drug-likeness (QED) is 0.514. The first-order valence-electron chi connectivity index (χ1n) is 9.47. The zero-order chi connectivity index (χ0) is 20.2. The minimum Gasteiger partial charge on any atom is -0.379 e. The molecule has 5 nitrogen and oxygen atoms in total. The van der Waals surface area contributed by atoms with Gasteiger partial charge >= 0.3 is 0 Å². The number of hydrogen-bond donors (Lipinski definition) is 0. The summed E-state index contributed by atoms with van der Waals surface area (Å²) in [6, 6.07) is 13.5. The van der Waals surface area contributed by atoms with Gasteiger partial charge in [0.1, 0.15) is 5.52 Å². The zero-order valence-corrected chi connectivity index (χ0v) is 18.5. The van der Waals surface area contributed by atoms with Crippen molar-refractivity contribution in [2.45, 2.75) is 4.90 Å². The van der Waals surface area contributed by atoms with Crippen LogP contribution >= 0.6 is 34.7 Å². The van der Waals surface area contributed by atoms with E-state index in [1.807, 2.05) is 48.7 Å². The van der Waals surface area contributed by atoms with Crippen LogP contribution in [0.1, 0.15) is 10.4 Å². The van der Waals surface area contributed by atoms with E-state index in [-0.39, 0.29) is 5.91 Å². The lowest BCUT2D eigenvalue weighted by Gasteiger charge is -2.29. The Labute approximate surface area is 183 Å². The van der Waals surface area contributed by atoms with Crippen molar-refractivity contribution in [3.63, 3.8) is 0 Å². The number of nitrogens with zero attached hydrogens (tertiary/aromatic N) is 3. The third-order valence-corrected chi connectivity index (χ3v) is 6.97. The van der Waals surface area contributed by atoms with Gasteiger partial charge in [-0.25, -0.2) is 4.98 Å². The number of morpholine rings is 1. The van der Waals surface area contributed by atoms with Crippen LogP contribution < -0.4 is 4.90 Å². The van der Waals surface area contributed by atoms with Crippen molar-refractivity contribution < 1.29 is 9.53 Å². The van der Waals surface area contributed by atoms with E-state index in [9.17, 15) is 4.79 Å². The summed E-state index contributed by atoms with van der Waals surface area (Å²) >= 11 is 9.45. The van der Waals surface area contributed by atoms with E-state index in [0.717, 1.165) is 48.0 Å². The van der Waals surface area contributed by atoms with Crippen molar-refractivity contribution in [3.05, 3.63) is 53.1 Å². The molecule has 0 unspecified atom stereocenters. The largest absolute Gasteiger partial charge is 0.379 e. The number of hydrogen-bond acceptors (Lipinski definition) is 6. The second-order valence-electron chi connectivity index (χ2n) is 6.73. The number of aromatic nitrogens is 1. The summed E-state index contributed by atoms with van der Waals surface area (Å²) in [4.78, 5) is 23.3. The molecule has 29 heavy (non-hydrogen) atoms. The van der Waals surface area contributed by atoms with Crippen LogP contribution in [0.25, 0.3) is 10.2 Å². The number of thioether (sulfide) groups is 1. The first-order chi connectivity index (χ1) is 14.2. The Kier molecular flexibility index (Phi) is 6.72. The molecule has 1 aliphatic heterocycles. The molecule has 3 aromatic rings. The van der Waals surface area contributed by atoms with Gasteiger partial charge in [-0.3, -0.25) is 14.6 Å². The molecule has 0 N–H and O–H groups in total. The van der Waals surface area contributed by atoms with Crippen molar-refractivity contribution >= 4 is 56.0 Å². The monoisotopic (exact) mass is 447 g/mol. The fourth-order valence-electron chi connectivity index (χ4n) is 3.28. The second kappa shape index (κ2) is 9.45. The van der Waals surface area contributed by atoms with Crippen molar-refractivity contribution in [1.82, 2.24) is 9.88 Å². The number of para-hydroxylation sites is 1. The third kappa shape index (κ3) is 4.75. The number of rotatable bonds is 6. The van der Waals surface area contributed by atoms with Crippen LogP contribution in [0.4, 0.5) is 5.13 Å². The Morgan fingerprint density at radius 2 is 2.07 bits per heavy atom. The average molecular weight is 448 g/mol. The SMILES string of the molecule is CSc1cccc(C(=O)N(CCN2CCOCC2)c2nc3c(Cl)cccc3s2)c1. The standard InChI is InChI=1S/C21H22ClN3O2S2/c1-28-16-5-2-4-15(14-16)20(26)25(9-8-24-10-12-27-13-11-24)21-23-19-17(22)6-3-7-18(19)29-21/h2-7,14H,8-13H2,1H3. The fraction of sp³-hybridized carbons (Fsp3) is 0.333. The highest BCUT2D eigenvalue weighted by Gasteiger charge is 2.23. The Bertz CT molecular complexity index is 1000. The Hall–Kier alpha value is -1.64. The van der Waals surface area contributed by atoms with Crippen molar-refractivity contribution in [2.75, 3.05) is 50.5 Å². The molecule has 4 rings (SSSR count). The number of amides is 1. The maximum atomic E-state index is 13.5. The summed E-state index contributed by atoms with van der Waals surface area (Å²) in [5, 5.41) is 1.29. The van der Waals surface area contributed by atoms with Gasteiger partial charge in [0.05, 0.1) is 22.9 Å². The Balaban J connectivity index is 1.65. The summed E-state index contributed by atoms with van der Waals surface area (Å²) in [7, 11) is 0. The van der Waals surface area contributed by atoms with Crippen LogP contribution in [-0.2, 0) is 4.74 Å². The summed E-state index contributed by atoms with van der Waals surface area (Å²) in [6.07, 6.45) is 2.01. The molecule has 1 saturated heterocycles. The van der Waals surface area contributed by atoms with Gasteiger partial charge < -0.3 is 4.74 Å². The van der Waals surface area contributed by atoms with Gasteiger partial charge in [0.25, 0.3) is 5.91 Å². The highest BCUT2D eigenvalue weighted by Crippen LogP contribution is 2.33. The lowest BCUT2D eigenvalue weighted by molar-refractivity contribution is 0.0391. The van der Waals surface area contributed by atoms with Gasteiger partial charge in [0.2, 0.25) is 0 Å². The lowest BCUT2D eigenvalue weighted by Crippen LogP contribution is -2.43. The molecule has 2 aromatic carbocycles. The molecule has 0 radical (unpaired) electrons. The van der Waals surface area contributed by atoms with Crippen LogP contribution in [0.5, 0.6) is 0 Å². The predicted molar refractivity (Wildman–Crippen MR) is 122 cm³/mol. The van der Waals surface area contributed by atoms with Crippen LogP contribution in [0, 0.1) is 0 Å². The number of fused-ring (bicyclic) bond motifs is 1. The van der Waals surface area contributed by atoms with Crippen LogP contribution in [0.3, 0.4) is 0 Å². The van der Waals surface area contributed by atoms with Crippen molar-refractivity contribution in [1.29, 1.82) is 0 Å². The van der Waals surface area contributed by atoms with E-state index in [4.69, 9.17) is 21.3 Å². The highest BCUT2D eigenvalue weighted by molar-refractivity contribution is 7.98. The first kappa shape index (κ1) is 20.6. The highest BCUT2D eigenvalue weighted by atomic mass is 35.5. The van der Waals surface area contributed by atoms with Crippen LogP contribution in [-0.4, -0.2) is 61.4 Å². The molecule has 0 spiro atoms. The van der Waals surface area contributed by atoms with E-state index in [2.05, 4.69) is 4.90 Å². The van der Waals surface area contributed by atoms with E-state index in [1.165, 1.54) is 11.3 Å². The molecule has 1 fully saturated rings. The number of halogens is 1. The van der Waals surface area contributed by atoms with Gasteiger partial charge in [-0.1, -0.05) is 35.1 Å². The molecular formula is C21H22ClN3O2S2. The van der Waals surface area contributed by atoms with Gasteiger partial charge in [-0.2, -0.15) is 0 Å². The van der Waals surface area contributed by atoms with E-state index < -0.39 is 0 Å². The third-order valence-electron chi connectivity index (χ3n) is 4.89. The Morgan fingerprint density at radius 1 is 1.28 bits per heavy atom. The second-order valence-corrected chi connectivity index (χ2v) is 9.02. The van der Waals surface area contributed by atoms with Crippen molar-refractivity contribution in [3.8, 4) is 0 Å². The predicted octanol–water partition coefficient (Wildman–Crippen LogP) is 4.65. The lowest BCUT2D eigenvalue weighted by atomic mass is 10.2. The zero-order valence-electron chi connectivity index (χ0n) is 16.1. The van der Waals surface area contributed by atoms with E-state index in [1.54, 1.807) is 16.7 Å². The molecule has 0 aliphatic carbocycles. The molecule has 8 heteroatoms. The molecule has 0 saturated carbocycles. The fourth-order valence-corrected chi connectivity index (χ4v) is 5.03. The molecule has 1 amide bonds. The molecule has 1 aromatic heterocycles. The molecule has 2 heterocycles. The minimum atomic E-state index is -0.0376.